The second-order valence-electron chi connectivity index (χ2n) is 5.93. The van der Waals surface area contributed by atoms with Crippen LogP contribution in [0.4, 0.5) is 5.69 Å². The highest BCUT2D eigenvalue weighted by atomic mass is 35.5. The zero-order valence-corrected chi connectivity index (χ0v) is 15.8. The zero-order chi connectivity index (χ0) is 18.7. The fraction of sp³-hybridized carbons (Fsp3) is 0.278. The number of amides is 1. The highest BCUT2D eigenvalue weighted by Crippen LogP contribution is 2.28. The van der Waals surface area contributed by atoms with E-state index in [4.69, 9.17) is 16.3 Å². The van der Waals surface area contributed by atoms with Crippen molar-refractivity contribution in [2.45, 2.75) is 11.8 Å². The van der Waals surface area contributed by atoms with Crippen LogP contribution in [0.1, 0.15) is 15.9 Å². The summed E-state index contributed by atoms with van der Waals surface area (Å²) >= 11 is 6.16. The number of rotatable bonds is 4. The van der Waals surface area contributed by atoms with Gasteiger partial charge in [-0.3, -0.25) is 4.79 Å². The summed E-state index contributed by atoms with van der Waals surface area (Å²) in [6.07, 6.45) is 0. The molecular formula is C18H19ClN2O4S. The summed E-state index contributed by atoms with van der Waals surface area (Å²) in [5.74, 6) is -0.342. The first-order chi connectivity index (χ1) is 12.4. The molecule has 8 heteroatoms. The molecule has 2 aromatic rings. The van der Waals surface area contributed by atoms with Gasteiger partial charge >= 0.3 is 0 Å². The Morgan fingerprint density at radius 3 is 2.54 bits per heavy atom. The molecule has 0 bridgehead atoms. The Bertz CT molecular complexity index is 925. The van der Waals surface area contributed by atoms with Crippen molar-refractivity contribution in [1.29, 1.82) is 0 Å². The van der Waals surface area contributed by atoms with E-state index in [0.717, 1.165) is 5.56 Å². The van der Waals surface area contributed by atoms with Crippen LogP contribution in [0.5, 0.6) is 0 Å². The molecule has 1 saturated heterocycles. The summed E-state index contributed by atoms with van der Waals surface area (Å²) in [7, 11) is -3.67. The van der Waals surface area contributed by atoms with Gasteiger partial charge in [0.1, 0.15) is 0 Å². The van der Waals surface area contributed by atoms with Crippen molar-refractivity contribution < 1.29 is 17.9 Å². The van der Waals surface area contributed by atoms with Crippen molar-refractivity contribution in [2.24, 2.45) is 0 Å². The molecule has 1 heterocycles. The molecule has 0 saturated carbocycles. The van der Waals surface area contributed by atoms with Gasteiger partial charge in [0, 0.05) is 18.7 Å². The predicted molar refractivity (Wildman–Crippen MR) is 100 cm³/mol. The quantitative estimate of drug-likeness (QED) is 0.865. The molecule has 0 spiro atoms. The number of nitrogens with one attached hydrogen (secondary N) is 1. The van der Waals surface area contributed by atoms with Gasteiger partial charge in [-0.05, 0) is 36.8 Å². The summed E-state index contributed by atoms with van der Waals surface area (Å²) in [5, 5.41) is 2.98. The largest absolute Gasteiger partial charge is 0.379 e. The number of hydrogen-bond acceptors (Lipinski definition) is 4. The van der Waals surface area contributed by atoms with Gasteiger partial charge in [-0.15, -0.1) is 0 Å². The topological polar surface area (TPSA) is 75.7 Å². The van der Waals surface area contributed by atoms with Gasteiger partial charge in [-0.1, -0.05) is 29.8 Å². The Morgan fingerprint density at radius 2 is 1.85 bits per heavy atom. The summed E-state index contributed by atoms with van der Waals surface area (Å²) in [5.41, 5.74) is 1.58. The van der Waals surface area contributed by atoms with E-state index in [0.29, 0.717) is 31.9 Å². The minimum atomic E-state index is -3.67. The number of carbonyl (C=O) groups is 1. The van der Waals surface area contributed by atoms with Crippen molar-refractivity contribution >= 4 is 33.2 Å². The van der Waals surface area contributed by atoms with E-state index in [9.17, 15) is 13.2 Å². The van der Waals surface area contributed by atoms with E-state index in [1.54, 1.807) is 12.1 Å². The third kappa shape index (κ3) is 3.91. The Morgan fingerprint density at radius 1 is 1.15 bits per heavy atom. The van der Waals surface area contributed by atoms with Crippen LogP contribution in [-0.4, -0.2) is 44.9 Å². The lowest BCUT2D eigenvalue weighted by molar-refractivity contribution is 0.0730. The molecule has 1 amide bonds. The van der Waals surface area contributed by atoms with Crippen molar-refractivity contribution in [3.05, 3.63) is 58.6 Å². The number of halogens is 1. The molecule has 0 atom stereocenters. The van der Waals surface area contributed by atoms with E-state index in [2.05, 4.69) is 5.32 Å². The third-order valence-electron chi connectivity index (χ3n) is 4.18. The highest BCUT2D eigenvalue weighted by molar-refractivity contribution is 7.89. The SMILES string of the molecule is Cc1ccccc1C(=O)Nc1cc(S(=O)(=O)N2CCOCC2)ccc1Cl. The number of carbonyl (C=O) groups excluding carboxylic acids is 1. The predicted octanol–water partition coefficient (Wildman–Crippen LogP) is 2.92. The molecule has 0 aliphatic carbocycles. The Kier molecular flexibility index (Phi) is 5.62. The first-order valence-electron chi connectivity index (χ1n) is 8.14. The number of hydrogen-bond donors (Lipinski definition) is 1. The molecule has 0 radical (unpaired) electrons. The molecule has 138 valence electrons. The number of sulfonamides is 1. The van der Waals surface area contributed by atoms with E-state index < -0.39 is 10.0 Å². The minimum Gasteiger partial charge on any atom is -0.379 e. The van der Waals surface area contributed by atoms with Crippen molar-refractivity contribution in [3.63, 3.8) is 0 Å². The second kappa shape index (κ2) is 7.75. The van der Waals surface area contributed by atoms with E-state index in [-0.39, 0.29) is 21.5 Å². The number of anilines is 1. The van der Waals surface area contributed by atoms with Crippen LogP contribution < -0.4 is 5.32 Å². The van der Waals surface area contributed by atoms with Crippen molar-refractivity contribution in [2.75, 3.05) is 31.6 Å². The Balaban J connectivity index is 1.88. The molecule has 1 aliphatic rings. The molecule has 3 rings (SSSR count). The van der Waals surface area contributed by atoms with E-state index in [1.165, 1.54) is 22.5 Å². The van der Waals surface area contributed by atoms with Gasteiger partial charge in [0.05, 0.1) is 28.8 Å². The Hall–Kier alpha value is -1.93. The molecule has 1 fully saturated rings. The lowest BCUT2D eigenvalue weighted by atomic mass is 10.1. The summed E-state index contributed by atoms with van der Waals surface area (Å²) in [4.78, 5) is 12.6. The monoisotopic (exact) mass is 394 g/mol. The van der Waals surface area contributed by atoms with Crippen LogP contribution in [-0.2, 0) is 14.8 Å². The maximum absolute atomic E-state index is 12.8. The first-order valence-corrected chi connectivity index (χ1v) is 9.96. The molecule has 1 aliphatic heterocycles. The zero-order valence-electron chi connectivity index (χ0n) is 14.2. The summed E-state index contributed by atoms with van der Waals surface area (Å²) in [6, 6.07) is 11.4. The van der Waals surface area contributed by atoms with E-state index >= 15 is 0 Å². The lowest BCUT2D eigenvalue weighted by Crippen LogP contribution is -2.40. The standard InChI is InChI=1S/C18H19ClN2O4S/c1-13-4-2-3-5-15(13)18(22)20-17-12-14(6-7-16(17)19)26(23,24)21-8-10-25-11-9-21/h2-7,12H,8-11H2,1H3,(H,20,22). The minimum absolute atomic E-state index is 0.0869. The average Bonchev–Trinajstić information content (AvgIpc) is 2.64. The van der Waals surface area contributed by atoms with Gasteiger partial charge in [0.15, 0.2) is 0 Å². The smallest absolute Gasteiger partial charge is 0.255 e. The summed E-state index contributed by atoms with van der Waals surface area (Å²) < 4.78 is 32.1. The number of nitrogens with zero attached hydrogens (tertiary/aromatic N) is 1. The maximum Gasteiger partial charge on any atom is 0.255 e. The molecule has 0 aromatic heterocycles. The molecule has 0 unspecified atom stereocenters. The molecule has 2 aromatic carbocycles. The normalized spacial score (nSPS) is 15.6. The van der Waals surface area contributed by atoms with Crippen LogP contribution in [0.15, 0.2) is 47.4 Å². The molecule has 6 nitrogen and oxygen atoms in total. The number of aryl methyl sites for hydroxylation is 1. The third-order valence-corrected chi connectivity index (χ3v) is 6.41. The van der Waals surface area contributed by atoms with Gasteiger partial charge in [0.2, 0.25) is 10.0 Å². The Labute approximate surface area is 157 Å². The fourth-order valence-electron chi connectivity index (χ4n) is 2.71. The van der Waals surface area contributed by atoms with Crippen molar-refractivity contribution in [1.82, 2.24) is 4.31 Å². The molecule has 26 heavy (non-hydrogen) atoms. The average molecular weight is 395 g/mol. The van der Waals surface area contributed by atoms with Crippen LogP contribution in [0, 0.1) is 6.92 Å². The lowest BCUT2D eigenvalue weighted by Gasteiger charge is -2.26. The van der Waals surface area contributed by atoms with Crippen LogP contribution >= 0.6 is 11.6 Å². The summed E-state index contributed by atoms with van der Waals surface area (Å²) in [6.45, 7) is 3.16. The highest BCUT2D eigenvalue weighted by Gasteiger charge is 2.27. The molecular weight excluding hydrogens is 376 g/mol. The van der Waals surface area contributed by atoms with Gasteiger partial charge < -0.3 is 10.1 Å². The fourth-order valence-corrected chi connectivity index (χ4v) is 4.31. The molecule has 1 N–H and O–H groups in total. The first kappa shape index (κ1) is 18.8. The number of morpholine rings is 1. The van der Waals surface area contributed by atoms with Gasteiger partial charge in [-0.2, -0.15) is 4.31 Å². The van der Waals surface area contributed by atoms with Crippen LogP contribution in [0.25, 0.3) is 0 Å². The van der Waals surface area contributed by atoms with E-state index in [1.807, 2.05) is 19.1 Å². The van der Waals surface area contributed by atoms with Crippen LogP contribution in [0.2, 0.25) is 5.02 Å². The van der Waals surface area contributed by atoms with Gasteiger partial charge in [-0.25, -0.2) is 8.42 Å². The van der Waals surface area contributed by atoms with Crippen LogP contribution in [0.3, 0.4) is 0 Å². The maximum atomic E-state index is 12.8. The number of ether oxygens (including phenoxy) is 1. The van der Waals surface area contributed by atoms with Crippen molar-refractivity contribution in [3.8, 4) is 0 Å². The van der Waals surface area contributed by atoms with Gasteiger partial charge in [0.25, 0.3) is 5.91 Å². The number of benzene rings is 2. The second-order valence-corrected chi connectivity index (χ2v) is 8.27.